The summed E-state index contributed by atoms with van der Waals surface area (Å²) in [6.45, 7) is 4.25. The van der Waals surface area contributed by atoms with Crippen molar-refractivity contribution in [3.05, 3.63) is 71.4 Å². The normalized spacial score (nSPS) is 18.1. The summed E-state index contributed by atoms with van der Waals surface area (Å²) in [6.07, 6.45) is 8.25. The molecule has 0 atom stereocenters. The van der Waals surface area contributed by atoms with Gasteiger partial charge >= 0.3 is 0 Å². The van der Waals surface area contributed by atoms with Crippen molar-refractivity contribution < 1.29 is 4.74 Å². The van der Waals surface area contributed by atoms with E-state index in [2.05, 4.69) is 56.8 Å². The van der Waals surface area contributed by atoms with Gasteiger partial charge in [0, 0.05) is 29.8 Å². The van der Waals surface area contributed by atoms with Gasteiger partial charge in [-0.15, -0.1) is 0 Å². The summed E-state index contributed by atoms with van der Waals surface area (Å²) >= 11 is 0. The standard InChI is InChI=1S/C26H32N4O/c1-31-24-11-9-20(10-12-24)25-23(18-28-29-25)17-27-19-26(30-13-5-2-6-14-30)15-21-7-3-4-8-22(21)16-26/h3-4,7-12,18,27H,2,5-6,13-17,19H2,1H3,(H,28,29). The first-order valence-electron chi connectivity index (χ1n) is 11.5. The van der Waals surface area contributed by atoms with Crippen LogP contribution in [0.1, 0.15) is 36.0 Å². The molecule has 1 saturated heterocycles. The van der Waals surface area contributed by atoms with Crippen molar-refractivity contribution in [3.63, 3.8) is 0 Å². The number of benzene rings is 2. The Labute approximate surface area is 184 Å². The third-order valence-electron chi connectivity index (χ3n) is 7.05. The summed E-state index contributed by atoms with van der Waals surface area (Å²) in [5.41, 5.74) is 6.66. The Hall–Kier alpha value is -2.63. The van der Waals surface area contributed by atoms with Crippen LogP contribution >= 0.6 is 0 Å². The van der Waals surface area contributed by atoms with Crippen LogP contribution in [0.15, 0.2) is 54.7 Å². The molecule has 1 aliphatic carbocycles. The second-order valence-electron chi connectivity index (χ2n) is 9.00. The Morgan fingerprint density at radius 2 is 1.71 bits per heavy atom. The molecule has 1 fully saturated rings. The van der Waals surface area contributed by atoms with Gasteiger partial charge in [0.1, 0.15) is 5.75 Å². The SMILES string of the molecule is COc1ccc(-c2[nH]ncc2CNCC2(N3CCCCC3)Cc3ccccc3C2)cc1. The highest BCUT2D eigenvalue weighted by molar-refractivity contribution is 5.63. The molecule has 1 aromatic heterocycles. The molecule has 5 heteroatoms. The molecule has 2 N–H and O–H groups in total. The second kappa shape index (κ2) is 8.85. The molecule has 0 amide bonds. The van der Waals surface area contributed by atoms with Gasteiger partial charge in [-0.2, -0.15) is 5.10 Å². The van der Waals surface area contributed by atoms with Crippen LogP contribution < -0.4 is 10.1 Å². The summed E-state index contributed by atoms with van der Waals surface area (Å²) in [6, 6.07) is 17.2. The summed E-state index contributed by atoms with van der Waals surface area (Å²) in [5, 5.41) is 11.3. The lowest BCUT2D eigenvalue weighted by molar-refractivity contribution is 0.0724. The van der Waals surface area contributed by atoms with Gasteiger partial charge in [0.15, 0.2) is 0 Å². The van der Waals surface area contributed by atoms with E-state index in [1.54, 1.807) is 7.11 Å². The summed E-state index contributed by atoms with van der Waals surface area (Å²) in [4.78, 5) is 2.77. The first-order valence-corrected chi connectivity index (χ1v) is 11.5. The predicted octanol–water partition coefficient (Wildman–Crippen LogP) is 4.20. The zero-order valence-electron chi connectivity index (χ0n) is 18.4. The molecule has 1 aliphatic heterocycles. The highest BCUT2D eigenvalue weighted by atomic mass is 16.5. The van der Waals surface area contributed by atoms with Crippen LogP contribution in [0, 0.1) is 0 Å². The van der Waals surface area contributed by atoms with Crippen molar-refractivity contribution in [2.75, 3.05) is 26.7 Å². The van der Waals surface area contributed by atoms with Gasteiger partial charge < -0.3 is 10.1 Å². The van der Waals surface area contributed by atoms with Gasteiger partial charge in [-0.05, 0) is 74.2 Å². The first kappa shape index (κ1) is 20.3. The Kier molecular flexibility index (Phi) is 5.79. The predicted molar refractivity (Wildman–Crippen MR) is 124 cm³/mol. The number of aromatic nitrogens is 2. The molecule has 3 aromatic rings. The molecule has 0 bridgehead atoms. The maximum Gasteiger partial charge on any atom is 0.118 e. The number of methoxy groups -OCH3 is 1. The summed E-state index contributed by atoms with van der Waals surface area (Å²) < 4.78 is 5.29. The third-order valence-corrected chi connectivity index (χ3v) is 7.05. The topological polar surface area (TPSA) is 53.2 Å². The van der Waals surface area contributed by atoms with Gasteiger partial charge in [0.05, 0.1) is 19.0 Å². The van der Waals surface area contributed by atoms with Crippen LogP contribution in [0.5, 0.6) is 5.75 Å². The lowest BCUT2D eigenvalue weighted by Crippen LogP contribution is -2.57. The molecule has 2 aromatic carbocycles. The van der Waals surface area contributed by atoms with Crippen molar-refractivity contribution in [1.29, 1.82) is 0 Å². The number of nitrogens with one attached hydrogen (secondary N) is 2. The van der Waals surface area contributed by atoms with Crippen LogP contribution in [0.2, 0.25) is 0 Å². The van der Waals surface area contributed by atoms with Crippen LogP contribution in [-0.2, 0) is 19.4 Å². The molecule has 5 nitrogen and oxygen atoms in total. The zero-order chi connectivity index (χ0) is 21.1. The number of piperidine rings is 1. The van der Waals surface area contributed by atoms with Crippen LogP contribution in [-0.4, -0.2) is 47.4 Å². The van der Waals surface area contributed by atoms with E-state index in [9.17, 15) is 0 Å². The fourth-order valence-electron chi connectivity index (χ4n) is 5.39. The number of ether oxygens (including phenoxy) is 1. The quantitative estimate of drug-likeness (QED) is 0.606. The van der Waals surface area contributed by atoms with Gasteiger partial charge in [0.25, 0.3) is 0 Å². The van der Waals surface area contributed by atoms with Crippen molar-refractivity contribution >= 4 is 0 Å². The van der Waals surface area contributed by atoms with E-state index >= 15 is 0 Å². The molecule has 2 heterocycles. The number of hydrogen-bond acceptors (Lipinski definition) is 4. The van der Waals surface area contributed by atoms with Crippen LogP contribution in [0.25, 0.3) is 11.3 Å². The number of H-pyrrole nitrogens is 1. The van der Waals surface area contributed by atoms with E-state index in [0.717, 1.165) is 42.9 Å². The highest BCUT2D eigenvalue weighted by Gasteiger charge is 2.42. The summed E-state index contributed by atoms with van der Waals surface area (Å²) in [5.74, 6) is 0.868. The van der Waals surface area contributed by atoms with Crippen LogP contribution in [0.4, 0.5) is 0 Å². The number of hydrogen-bond donors (Lipinski definition) is 2. The minimum atomic E-state index is 0.189. The minimum Gasteiger partial charge on any atom is -0.497 e. The minimum absolute atomic E-state index is 0.189. The van der Waals surface area contributed by atoms with Crippen molar-refractivity contribution in [2.45, 2.75) is 44.2 Å². The summed E-state index contributed by atoms with van der Waals surface area (Å²) in [7, 11) is 1.69. The Balaban J connectivity index is 1.30. The maximum absolute atomic E-state index is 5.29. The molecular formula is C26H32N4O. The average molecular weight is 417 g/mol. The maximum atomic E-state index is 5.29. The van der Waals surface area contributed by atoms with Crippen molar-refractivity contribution in [3.8, 4) is 17.0 Å². The first-order chi connectivity index (χ1) is 15.3. The van der Waals surface area contributed by atoms with Gasteiger partial charge in [-0.1, -0.05) is 30.7 Å². The molecule has 0 spiro atoms. The Morgan fingerprint density at radius 3 is 2.39 bits per heavy atom. The molecule has 2 aliphatic rings. The Morgan fingerprint density at radius 1 is 1.00 bits per heavy atom. The molecule has 5 rings (SSSR count). The molecular weight excluding hydrogens is 384 g/mol. The van der Waals surface area contributed by atoms with Gasteiger partial charge in [-0.25, -0.2) is 0 Å². The van der Waals surface area contributed by atoms with Crippen LogP contribution in [0.3, 0.4) is 0 Å². The van der Waals surface area contributed by atoms with E-state index in [1.165, 1.54) is 49.0 Å². The van der Waals surface area contributed by atoms with Gasteiger partial charge in [0.2, 0.25) is 0 Å². The number of nitrogens with zero attached hydrogens (tertiary/aromatic N) is 2. The molecule has 162 valence electrons. The molecule has 0 saturated carbocycles. The number of fused-ring (bicyclic) bond motifs is 1. The van der Waals surface area contributed by atoms with E-state index in [4.69, 9.17) is 4.74 Å². The number of likely N-dealkylation sites (tertiary alicyclic amines) is 1. The van der Waals surface area contributed by atoms with E-state index in [1.807, 2.05) is 18.3 Å². The molecule has 0 radical (unpaired) electrons. The number of aromatic amines is 1. The van der Waals surface area contributed by atoms with E-state index in [-0.39, 0.29) is 5.54 Å². The average Bonchev–Trinajstić information content (AvgIpc) is 3.45. The smallest absolute Gasteiger partial charge is 0.118 e. The third kappa shape index (κ3) is 4.12. The lowest BCUT2D eigenvalue weighted by Gasteiger charge is -2.44. The zero-order valence-corrected chi connectivity index (χ0v) is 18.4. The van der Waals surface area contributed by atoms with E-state index < -0.39 is 0 Å². The molecule has 0 unspecified atom stereocenters. The lowest BCUT2D eigenvalue weighted by atomic mass is 9.90. The van der Waals surface area contributed by atoms with Crippen molar-refractivity contribution in [2.24, 2.45) is 0 Å². The van der Waals surface area contributed by atoms with Gasteiger partial charge in [-0.3, -0.25) is 10.00 Å². The monoisotopic (exact) mass is 416 g/mol. The number of rotatable bonds is 7. The fourth-order valence-corrected chi connectivity index (χ4v) is 5.39. The largest absolute Gasteiger partial charge is 0.497 e. The molecule has 31 heavy (non-hydrogen) atoms. The highest BCUT2D eigenvalue weighted by Crippen LogP contribution is 2.36. The van der Waals surface area contributed by atoms with Crippen molar-refractivity contribution in [1.82, 2.24) is 20.4 Å². The second-order valence-corrected chi connectivity index (χ2v) is 9.00. The van der Waals surface area contributed by atoms with E-state index in [0.29, 0.717) is 0 Å². The Bertz CT molecular complexity index is 979. The fraction of sp³-hybridized carbons (Fsp3) is 0.423.